The van der Waals surface area contributed by atoms with Crippen LogP contribution in [-0.2, 0) is 0 Å². The van der Waals surface area contributed by atoms with Gasteiger partial charge in [-0.3, -0.25) is 0 Å². The third-order valence-corrected chi connectivity index (χ3v) is 1.32. The largest absolute Gasteiger partial charge is 0.229 e. The lowest BCUT2D eigenvalue weighted by molar-refractivity contribution is 1.12. The molecule has 0 atom stereocenters. The molecule has 1 heterocycles. The Morgan fingerprint density at radius 2 is 2.30 bits per heavy atom. The Morgan fingerprint density at radius 1 is 1.50 bits per heavy atom. The van der Waals surface area contributed by atoms with Crippen LogP contribution in [-0.4, -0.2) is 9.97 Å². The monoisotopic (exact) mass is 196 g/mol. The van der Waals surface area contributed by atoms with Gasteiger partial charge >= 0.3 is 0 Å². The van der Waals surface area contributed by atoms with Crippen molar-refractivity contribution < 1.29 is 0 Å². The quantitative estimate of drug-likeness (QED) is 0.466. The van der Waals surface area contributed by atoms with Gasteiger partial charge in [-0.05, 0) is 28.8 Å². The van der Waals surface area contributed by atoms with E-state index in [0.717, 1.165) is 10.3 Å². The number of aromatic nitrogens is 2. The Labute approximate surface area is 67.8 Å². The highest BCUT2D eigenvalue weighted by atomic mass is 79.9. The van der Waals surface area contributed by atoms with Gasteiger partial charge in [0, 0.05) is 6.07 Å². The second-order valence-corrected chi connectivity index (χ2v) is 2.41. The maximum atomic E-state index is 3.91. The van der Waals surface area contributed by atoms with Gasteiger partial charge in [0.1, 0.15) is 16.6 Å². The number of rotatable bonds is 0. The van der Waals surface area contributed by atoms with Gasteiger partial charge in [-0.25, -0.2) is 9.97 Å². The van der Waals surface area contributed by atoms with Crippen molar-refractivity contribution in [3.8, 4) is 11.8 Å². The minimum absolute atomic E-state index is 0.740. The molecule has 0 N–H and O–H groups in total. The van der Waals surface area contributed by atoms with Crippen LogP contribution in [0.15, 0.2) is 17.0 Å². The molecule has 0 aliphatic heterocycles. The molecule has 2 nitrogen and oxygen atoms in total. The summed E-state index contributed by atoms with van der Waals surface area (Å²) in [7, 11) is 0. The second-order valence-electron chi connectivity index (χ2n) is 1.60. The first-order valence-corrected chi connectivity index (χ1v) is 3.52. The molecule has 0 fully saturated rings. The van der Waals surface area contributed by atoms with E-state index in [1.807, 2.05) is 0 Å². The van der Waals surface area contributed by atoms with Gasteiger partial charge in [0.05, 0.1) is 0 Å². The van der Waals surface area contributed by atoms with Crippen molar-refractivity contribution in [2.75, 3.05) is 0 Å². The Kier molecular flexibility index (Phi) is 2.41. The van der Waals surface area contributed by atoms with Crippen LogP contribution >= 0.6 is 15.9 Å². The highest BCUT2D eigenvalue weighted by molar-refractivity contribution is 9.10. The van der Waals surface area contributed by atoms with E-state index in [9.17, 15) is 0 Å². The molecule has 1 aromatic heterocycles. The molecule has 1 rings (SSSR count). The summed E-state index contributed by atoms with van der Waals surface area (Å²) in [4.78, 5) is 7.77. The molecule has 0 amide bonds. The maximum absolute atomic E-state index is 3.91. The van der Waals surface area contributed by atoms with Crippen LogP contribution in [0.2, 0.25) is 0 Å². The number of halogens is 1. The predicted molar refractivity (Wildman–Crippen MR) is 42.3 cm³/mol. The molecule has 1 aromatic rings. The van der Waals surface area contributed by atoms with Crippen LogP contribution in [0.5, 0.6) is 0 Å². The average molecular weight is 197 g/mol. The smallest absolute Gasteiger partial charge is 0.118 e. The van der Waals surface area contributed by atoms with E-state index >= 15 is 0 Å². The fraction of sp³-hybridized carbons (Fsp3) is 0.143. The Balaban J connectivity index is 3.03. The van der Waals surface area contributed by atoms with E-state index in [2.05, 4.69) is 37.7 Å². The molecule has 0 spiro atoms. The van der Waals surface area contributed by atoms with Gasteiger partial charge in [0.2, 0.25) is 0 Å². The number of hydrogen-bond donors (Lipinski definition) is 0. The number of nitrogens with zero attached hydrogens (tertiary/aromatic N) is 2. The SMILES string of the molecule is CC#Cc1cc(Br)ncn1. The second kappa shape index (κ2) is 3.33. The lowest BCUT2D eigenvalue weighted by Crippen LogP contribution is -1.83. The van der Waals surface area contributed by atoms with Gasteiger partial charge in [-0.2, -0.15) is 0 Å². The van der Waals surface area contributed by atoms with E-state index in [4.69, 9.17) is 0 Å². The van der Waals surface area contributed by atoms with Crippen LogP contribution in [0.3, 0.4) is 0 Å². The van der Waals surface area contributed by atoms with E-state index in [1.54, 1.807) is 13.0 Å². The summed E-state index contributed by atoms with van der Waals surface area (Å²) in [6.45, 7) is 1.77. The Morgan fingerprint density at radius 3 is 2.90 bits per heavy atom. The van der Waals surface area contributed by atoms with E-state index in [-0.39, 0.29) is 0 Å². The topological polar surface area (TPSA) is 25.8 Å². The molecule has 0 saturated heterocycles. The highest BCUT2D eigenvalue weighted by Gasteiger charge is 1.88. The zero-order chi connectivity index (χ0) is 7.40. The molecule has 0 saturated carbocycles. The molecule has 0 aromatic carbocycles. The molecule has 0 aliphatic rings. The minimum Gasteiger partial charge on any atom is -0.229 e. The van der Waals surface area contributed by atoms with Crippen LogP contribution in [0.25, 0.3) is 0 Å². The first-order chi connectivity index (χ1) is 4.83. The zero-order valence-electron chi connectivity index (χ0n) is 5.43. The third kappa shape index (κ3) is 1.82. The van der Waals surface area contributed by atoms with Crippen molar-refractivity contribution in [3.63, 3.8) is 0 Å². The first-order valence-electron chi connectivity index (χ1n) is 2.73. The van der Waals surface area contributed by atoms with Gasteiger partial charge in [0.15, 0.2) is 0 Å². The normalized spacial score (nSPS) is 8.20. The summed E-state index contributed by atoms with van der Waals surface area (Å²) in [6.07, 6.45) is 1.48. The predicted octanol–water partition coefficient (Wildman–Crippen LogP) is 1.61. The molecule has 50 valence electrons. The molecule has 0 radical (unpaired) electrons. The van der Waals surface area contributed by atoms with E-state index in [0.29, 0.717) is 0 Å². The molecular formula is C7H5BrN2. The summed E-state index contributed by atoms with van der Waals surface area (Å²) in [5, 5.41) is 0. The fourth-order valence-electron chi connectivity index (χ4n) is 0.530. The molecule has 0 unspecified atom stereocenters. The fourth-order valence-corrected chi connectivity index (χ4v) is 0.838. The molecular weight excluding hydrogens is 192 g/mol. The van der Waals surface area contributed by atoms with Gasteiger partial charge in [-0.15, -0.1) is 0 Å². The first kappa shape index (κ1) is 7.23. The summed E-state index contributed by atoms with van der Waals surface area (Å²) >= 11 is 3.21. The summed E-state index contributed by atoms with van der Waals surface area (Å²) in [5.41, 5.74) is 0.740. The zero-order valence-corrected chi connectivity index (χ0v) is 7.01. The maximum Gasteiger partial charge on any atom is 0.118 e. The van der Waals surface area contributed by atoms with Gasteiger partial charge in [-0.1, -0.05) is 5.92 Å². The Hall–Kier alpha value is -0.880. The average Bonchev–Trinajstić information content (AvgIpc) is 1.88. The Bertz CT molecular complexity index is 285. The summed E-state index contributed by atoms with van der Waals surface area (Å²) in [6, 6.07) is 1.77. The van der Waals surface area contributed by atoms with Crippen molar-refractivity contribution in [1.82, 2.24) is 9.97 Å². The van der Waals surface area contributed by atoms with Crippen LogP contribution < -0.4 is 0 Å². The molecule has 10 heavy (non-hydrogen) atoms. The van der Waals surface area contributed by atoms with E-state index < -0.39 is 0 Å². The van der Waals surface area contributed by atoms with E-state index in [1.165, 1.54) is 6.33 Å². The summed E-state index contributed by atoms with van der Waals surface area (Å²) < 4.78 is 0.764. The van der Waals surface area contributed by atoms with Crippen LogP contribution in [0.4, 0.5) is 0 Å². The molecule has 3 heteroatoms. The van der Waals surface area contributed by atoms with Crippen molar-refractivity contribution >= 4 is 15.9 Å². The number of hydrogen-bond acceptors (Lipinski definition) is 2. The van der Waals surface area contributed by atoms with Crippen molar-refractivity contribution in [2.45, 2.75) is 6.92 Å². The molecule has 0 aliphatic carbocycles. The minimum atomic E-state index is 0.740. The van der Waals surface area contributed by atoms with Crippen molar-refractivity contribution in [2.24, 2.45) is 0 Å². The van der Waals surface area contributed by atoms with Gasteiger partial charge < -0.3 is 0 Å². The van der Waals surface area contributed by atoms with Crippen molar-refractivity contribution in [1.29, 1.82) is 0 Å². The molecule has 0 bridgehead atoms. The van der Waals surface area contributed by atoms with Crippen LogP contribution in [0, 0.1) is 11.8 Å². The summed E-state index contributed by atoms with van der Waals surface area (Å²) in [5.74, 6) is 5.57. The highest BCUT2D eigenvalue weighted by Crippen LogP contribution is 2.03. The third-order valence-electron chi connectivity index (χ3n) is 0.887. The van der Waals surface area contributed by atoms with Crippen molar-refractivity contribution in [3.05, 3.63) is 22.7 Å². The lowest BCUT2D eigenvalue weighted by atomic mass is 10.4. The standard InChI is InChI=1S/C7H5BrN2/c1-2-3-6-4-7(8)10-5-9-6/h4-5H,1H3. The van der Waals surface area contributed by atoms with Gasteiger partial charge in [0.25, 0.3) is 0 Å². The van der Waals surface area contributed by atoms with Crippen LogP contribution in [0.1, 0.15) is 12.6 Å². The lowest BCUT2D eigenvalue weighted by Gasteiger charge is -1.87.